The van der Waals surface area contributed by atoms with Gasteiger partial charge in [0, 0.05) is 12.1 Å². The number of hydrogen-bond donors (Lipinski definition) is 2. The summed E-state index contributed by atoms with van der Waals surface area (Å²) < 4.78 is 2.67. The van der Waals surface area contributed by atoms with E-state index in [-0.39, 0.29) is 6.04 Å². The van der Waals surface area contributed by atoms with Crippen molar-refractivity contribution in [1.82, 2.24) is 15.2 Å². The van der Waals surface area contributed by atoms with Gasteiger partial charge in [0.05, 0.1) is 22.4 Å². The van der Waals surface area contributed by atoms with E-state index in [1.807, 2.05) is 32.2 Å². The normalized spacial score (nSPS) is 12.7. The number of halogens is 2. The van der Waals surface area contributed by atoms with Crippen LogP contribution < -0.4 is 11.3 Å². The fourth-order valence-corrected chi connectivity index (χ4v) is 2.77. The lowest BCUT2D eigenvalue weighted by Crippen LogP contribution is -2.31. The van der Waals surface area contributed by atoms with Crippen molar-refractivity contribution < 1.29 is 0 Å². The summed E-state index contributed by atoms with van der Waals surface area (Å²) in [5.41, 5.74) is 5.69. The van der Waals surface area contributed by atoms with Gasteiger partial charge in [0.1, 0.15) is 0 Å². The second kappa shape index (κ2) is 5.40. The Bertz CT molecular complexity index is 548. The molecule has 1 aromatic heterocycles. The highest BCUT2D eigenvalue weighted by Crippen LogP contribution is 2.32. The number of hydrogen-bond acceptors (Lipinski definition) is 3. The second-order valence-corrected chi connectivity index (χ2v) is 5.31. The molecule has 0 radical (unpaired) electrons. The molecule has 3 N–H and O–H groups in total. The summed E-state index contributed by atoms with van der Waals surface area (Å²) in [4.78, 5) is 0. The lowest BCUT2D eigenvalue weighted by atomic mass is 10.0. The van der Waals surface area contributed by atoms with E-state index < -0.39 is 0 Å². The summed E-state index contributed by atoms with van der Waals surface area (Å²) in [6.45, 7) is 1.97. The summed E-state index contributed by atoms with van der Waals surface area (Å²) in [5, 5.41) is 4.91. The maximum Gasteiger partial charge on any atom is 0.0904 e. The van der Waals surface area contributed by atoms with Crippen LogP contribution in [0.2, 0.25) is 5.02 Å². The highest BCUT2D eigenvalue weighted by Gasteiger charge is 2.22. The van der Waals surface area contributed by atoms with Crippen LogP contribution in [-0.2, 0) is 7.05 Å². The van der Waals surface area contributed by atoms with Crippen LogP contribution in [-0.4, -0.2) is 9.78 Å². The van der Waals surface area contributed by atoms with Crippen LogP contribution in [0.4, 0.5) is 0 Å². The van der Waals surface area contributed by atoms with E-state index in [1.54, 1.807) is 10.9 Å². The van der Waals surface area contributed by atoms with Crippen molar-refractivity contribution in [2.45, 2.75) is 13.0 Å². The third kappa shape index (κ3) is 2.31. The SMILES string of the molecule is Cc1cccc(C(NN)c2c(Br)cnn2C)c1Cl. The van der Waals surface area contributed by atoms with Crippen LogP contribution >= 0.6 is 27.5 Å². The summed E-state index contributed by atoms with van der Waals surface area (Å²) in [7, 11) is 1.87. The Kier molecular flexibility index (Phi) is 4.07. The second-order valence-electron chi connectivity index (χ2n) is 4.08. The van der Waals surface area contributed by atoms with E-state index in [0.717, 1.165) is 21.3 Å². The average Bonchev–Trinajstić information content (AvgIpc) is 2.67. The predicted octanol–water partition coefficient (Wildman–Crippen LogP) is 2.70. The first kappa shape index (κ1) is 13.5. The van der Waals surface area contributed by atoms with Gasteiger partial charge in [-0.05, 0) is 34.0 Å². The highest BCUT2D eigenvalue weighted by molar-refractivity contribution is 9.10. The number of nitrogens with two attached hydrogens (primary N) is 1. The lowest BCUT2D eigenvalue weighted by molar-refractivity contribution is 0.573. The smallest absolute Gasteiger partial charge is 0.0904 e. The van der Waals surface area contributed by atoms with Crippen LogP contribution in [0.5, 0.6) is 0 Å². The quantitative estimate of drug-likeness (QED) is 0.672. The molecule has 2 aromatic rings. The molecule has 1 atom stereocenters. The Hall–Kier alpha value is -0.880. The monoisotopic (exact) mass is 328 g/mol. The third-order valence-electron chi connectivity index (χ3n) is 2.91. The van der Waals surface area contributed by atoms with Crippen molar-refractivity contribution in [3.05, 3.63) is 50.7 Å². The van der Waals surface area contributed by atoms with Crippen molar-refractivity contribution in [3.8, 4) is 0 Å². The molecule has 6 heteroatoms. The molecule has 0 spiro atoms. The van der Waals surface area contributed by atoms with Crippen molar-refractivity contribution in [2.75, 3.05) is 0 Å². The minimum atomic E-state index is -0.209. The van der Waals surface area contributed by atoms with Crippen LogP contribution in [0.3, 0.4) is 0 Å². The predicted molar refractivity (Wildman–Crippen MR) is 76.3 cm³/mol. The van der Waals surface area contributed by atoms with Crippen molar-refractivity contribution in [3.63, 3.8) is 0 Å². The summed E-state index contributed by atoms with van der Waals surface area (Å²) in [6.07, 6.45) is 1.74. The van der Waals surface area contributed by atoms with E-state index in [9.17, 15) is 0 Å². The maximum absolute atomic E-state index is 6.35. The first-order valence-corrected chi connectivity index (χ1v) is 6.62. The first-order valence-electron chi connectivity index (χ1n) is 5.44. The zero-order chi connectivity index (χ0) is 13.3. The summed E-state index contributed by atoms with van der Waals surface area (Å²) in [5.74, 6) is 5.68. The first-order chi connectivity index (χ1) is 8.56. The van der Waals surface area contributed by atoms with Crippen molar-refractivity contribution in [1.29, 1.82) is 0 Å². The van der Waals surface area contributed by atoms with Gasteiger partial charge in [-0.3, -0.25) is 10.5 Å². The van der Waals surface area contributed by atoms with Gasteiger partial charge in [0.15, 0.2) is 0 Å². The Morgan fingerprint density at radius 2 is 2.22 bits per heavy atom. The molecule has 96 valence electrons. The minimum absolute atomic E-state index is 0.209. The molecule has 0 bridgehead atoms. The molecule has 18 heavy (non-hydrogen) atoms. The van der Waals surface area contributed by atoms with Gasteiger partial charge < -0.3 is 0 Å². The van der Waals surface area contributed by atoms with E-state index in [0.29, 0.717) is 5.02 Å². The summed E-state index contributed by atoms with van der Waals surface area (Å²) in [6, 6.07) is 5.68. The molecule has 1 aromatic carbocycles. The molecular weight excluding hydrogens is 316 g/mol. The number of benzene rings is 1. The Morgan fingerprint density at radius 3 is 2.78 bits per heavy atom. The Labute approximate surface area is 119 Å². The number of nitrogens with one attached hydrogen (secondary N) is 1. The van der Waals surface area contributed by atoms with Crippen LogP contribution in [0, 0.1) is 6.92 Å². The number of rotatable bonds is 3. The van der Waals surface area contributed by atoms with Crippen molar-refractivity contribution in [2.24, 2.45) is 12.9 Å². The highest BCUT2D eigenvalue weighted by atomic mass is 79.9. The van der Waals surface area contributed by atoms with E-state index in [4.69, 9.17) is 17.4 Å². The molecule has 0 aliphatic rings. The van der Waals surface area contributed by atoms with E-state index >= 15 is 0 Å². The fourth-order valence-electron chi connectivity index (χ4n) is 1.95. The largest absolute Gasteiger partial charge is 0.271 e. The number of aryl methyl sites for hydroxylation is 2. The molecule has 1 unspecified atom stereocenters. The number of hydrazine groups is 1. The van der Waals surface area contributed by atoms with Crippen molar-refractivity contribution >= 4 is 27.5 Å². The number of nitrogens with zero attached hydrogens (tertiary/aromatic N) is 2. The van der Waals surface area contributed by atoms with Crippen LogP contribution in [0.15, 0.2) is 28.9 Å². The molecule has 2 rings (SSSR count). The lowest BCUT2D eigenvalue weighted by Gasteiger charge is -2.19. The van der Waals surface area contributed by atoms with Gasteiger partial charge in [0.2, 0.25) is 0 Å². The molecule has 0 saturated carbocycles. The van der Waals surface area contributed by atoms with Crippen LogP contribution in [0.1, 0.15) is 22.9 Å². The molecule has 0 saturated heterocycles. The van der Waals surface area contributed by atoms with Gasteiger partial charge in [-0.15, -0.1) is 0 Å². The molecular formula is C12H14BrClN4. The minimum Gasteiger partial charge on any atom is -0.271 e. The van der Waals surface area contributed by atoms with Gasteiger partial charge >= 0.3 is 0 Å². The van der Waals surface area contributed by atoms with Gasteiger partial charge in [-0.25, -0.2) is 5.43 Å². The van der Waals surface area contributed by atoms with E-state index in [2.05, 4.69) is 26.5 Å². The van der Waals surface area contributed by atoms with Gasteiger partial charge in [0.25, 0.3) is 0 Å². The zero-order valence-electron chi connectivity index (χ0n) is 10.1. The third-order valence-corrected chi connectivity index (χ3v) is 4.04. The molecule has 0 fully saturated rings. The van der Waals surface area contributed by atoms with Crippen LogP contribution in [0.25, 0.3) is 0 Å². The standard InChI is InChI=1S/C12H14BrClN4/c1-7-4-3-5-8(10(7)14)11(17-15)12-9(13)6-16-18(12)2/h3-6,11,17H,15H2,1-2H3. The topological polar surface area (TPSA) is 55.9 Å². The van der Waals surface area contributed by atoms with Gasteiger partial charge in [-0.2, -0.15) is 5.10 Å². The molecule has 0 amide bonds. The molecule has 1 heterocycles. The Morgan fingerprint density at radius 1 is 1.50 bits per heavy atom. The summed E-state index contributed by atoms with van der Waals surface area (Å²) >= 11 is 9.82. The fraction of sp³-hybridized carbons (Fsp3) is 0.250. The number of aromatic nitrogens is 2. The Balaban J connectivity index is 2.56. The van der Waals surface area contributed by atoms with E-state index in [1.165, 1.54) is 0 Å². The van der Waals surface area contributed by atoms with Gasteiger partial charge in [-0.1, -0.05) is 29.8 Å². The maximum atomic E-state index is 6.35. The molecule has 0 aliphatic heterocycles. The zero-order valence-corrected chi connectivity index (χ0v) is 12.5. The average molecular weight is 330 g/mol. The molecule has 0 aliphatic carbocycles. The molecule has 4 nitrogen and oxygen atoms in total.